The first-order valence-electron chi connectivity index (χ1n) is 8.35. The van der Waals surface area contributed by atoms with Crippen LogP contribution in [0.3, 0.4) is 0 Å². The van der Waals surface area contributed by atoms with E-state index in [0.717, 1.165) is 32.8 Å². The number of aryl methyl sites for hydroxylation is 2. The zero-order valence-electron chi connectivity index (χ0n) is 15.0. The quantitative estimate of drug-likeness (QED) is 0.543. The van der Waals surface area contributed by atoms with Gasteiger partial charge in [-0.15, -0.1) is 0 Å². The topological polar surface area (TPSA) is 41.9 Å². The lowest BCUT2D eigenvalue weighted by molar-refractivity contribution is 0.659. The van der Waals surface area contributed by atoms with Crippen LogP contribution in [0.2, 0.25) is 0 Å². The third-order valence-electron chi connectivity index (χ3n) is 4.09. The number of thiocarbonyl (C=S) groups is 1. The molecule has 4 nitrogen and oxygen atoms in total. The largest absolute Gasteiger partial charge is 0.332 e. The molecule has 0 aliphatic heterocycles. The van der Waals surface area contributed by atoms with Crippen LogP contribution in [0.1, 0.15) is 22.5 Å². The Kier molecular flexibility index (Phi) is 5.74. The summed E-state index contributed by atoms with van der Waals surface area (Å²) in [4.78, 5) is 0. The van der Waals surface area contributed by atoms with Crippen LogP contribution in [-0.4, -0.2) is 14.9 Å². The molecule has 0 atom stereocenters. The summed E-state index contributed by atoms with van der Waals surface area (Å²) in [5, 5.41) is 11.6. The normalized spacial score (nSPS) is 10.6. The molecule has 1 heterocycles. The molecular weight excluding hydrogens is 408 g/mol. The summed E-state index contributed by atoms with van der Waals surface area (Å²) in [7, 11) is 0. The van der Waals surface area contributed by atoms with Gasteiger partial charge in [0.2, 0.25) is 0 Å². The van der Waals surface area contributed by atoms with Gasteiger partial charge in [0.25, 0.3) is 0 Å². The Balaban J connectivity index is 1.69. The minimum atomic E-state index is 0.571. The first-order valence-corrected chi connectivity index (χ1v) is 9.55. The molecule has 0 amide bonds. The maximum Gasteiger partial charge on any atom is 0.175 e. The third-order valence-corrected chi connectivity index (χ3v) is 5.44. The highest BCUT2D eigenvalue weighted by Crippen LogP contribution is 2.21. The van der Waals surface area contributed by atoms with Crippen molar-refractivity contribution in [1.82, 2.24) is 9.78 Å². The maximum atomic E-state index is 5.43. The molecular formula is C20H21BrN4S. The standard InChI is InChI=1S/C20H21BrN4S/c1-13-6-4-8-17(10-13)22-20(26)23-18-9-5-7-16(11-18)12-25-15(3)19(21)14(2)24-25/h4-11H,12H2,1-3H3,(H2,22,23,26). The van der Waals surface area contributed by atoms with E-state index in [2.05, 4.69) is 69.8 Å². The molecule has 0 aliphatic carbocycles. The first kappa shape index (κ1) is 18.6. The van der Waals surface area contributed by atoms with Crippen LogP contribution < -0.4 is 10.6 Å². The molecule has 0 radical (unpaired) electrons. The third kappa shape index (κ3) is 4.51. The number of nitrogens with one attached hydrogen (secondary N) is 2. The molecule has 2 aromatic carbocycles. The lowest BCUT2D eigenvalue weighted by Gasteiger charge is -2.12. The summed E-state index contributed by atoms with van der Waals surface area (Å²) in [6.07, 6.45) is 0. The molecule has 3 rings (SSSR count). The van der Waals surface area contributed by atoms with Crippen LogP contribution >= 0.6 is 28.1 Å². The fourth-order valence-electron chi connectivity index (χ4n) is 2.77. The van der Waals surface area contributed by atoms with Crippen molar-refractivity contribution in [2.24, 2.45) is 0 Å². The Labute approximate surface area is 167 Å². The van der Waals surface area contributed by atoms with Gasteiger partial charge in [-0.25, -0.2) is 0 Å². The Morgan fingerprint density at radius 2 is 1.69 bits per heavy atom. The van der Waals surface area contributed by atoms with Crippen molar-refractivity contribution >= 4 is 44.6 Å². The van der Waals surface area contributed by atoms with Crippen molar-refractivity contribution in [2.45, 2.75) is 27.3 Å². The van der Waals surface area contributed by atoms with E-state index >= 15 is 0 Å². The van der Waals surface area contributed by atoms with Crippen LogP contribution in [0.5, 0.6) is 0 Å². The minimum Gasteiger partial charge on any atom is -0.332 e. The number of rotatable bonds is 4. The van der Waals surface area contributed by atoms with Crippen LogP contribution in [-0.2, 0) is 6.54 Å². The summed E-state index contributed by atoms with van der Waals surface area (Å²) < 4.78 is 3.07. The van der Waals surface area contributed by atoms with E-state index in [4.69, 9.17) is 12.2 Å². The van der Waals surface area contributed by atoms with E-state index in [1.54, 1.807) is 0 Å². The van der Waals surface area contributed by atoms with Crippen LogP contribution in [0.25, 0.3) is 0 Å². The van der Waals surface area contributed by atoms with Crippen molar-refractivity contribution in [3.8, 4) is 0 Å². The number of benzene rings is 2. The molecule has 0 spiro atoms. The number of hydrogen-bond donors (Lipinski definition) is 2. The fraction of sp³-hybridized carbons (Fsp3) is 0.200. The molecule has 134 valence electrons. The van der Waals surface area contributed by atoms with Gasteiger partial charge in [-0.05, 0) is 84.3 Å². The average Bonchev–Trinajstić information content (AvgIpc) is 2.82. The second-order valence-corrected chi connectivity index (χ2v) is 7.49. The second-order valence-electron chi connectivity index (χ2n) is 6.29. The number of halogens is 1. The summed E-state index contributed by atoms with van der Waals surface area (Å²) >= 11 is 9.01. The smallest absolute Gasteiger partial charge is 0.175 e. The molecule has 0 aliphatic rings. The van der Waals surface area contributed by atoms with Gasteiger partial charge in [0.15, 0.2) is 5.11 Å². The zero-order valence-corrected chi connectivity index (χ0v) is 17.4. The maximum absolute atomic E-state index is 5.43. The number of hydrogen-bond acceptors (Lipinski definition) is 2. The highest BCUT2D eigenvalue weighted by atomic mass is 79.9. The summed E-state index contributed by atoms with van der Waals surface area (Å²) in [5.41, 5.74) is 6.40. The van der Waals surface area contributed by atoms with Gasteiger partial charge >= 0.3 is 0 Å². The van der Waals surface area contributed by atoms with Gasteiger partial charge in [-0.1, -0.05) is 24.3 Å². The number of anilines is 2. The van der Waals surface area contributed by atoms with Crippen LogP contribution in [0, 0.1) is 20.8 Å². The highest BCUT2D eigenvalue weighted by molar-refractivity contribution is 9.10. The van der Waals surface area contributed by atoms with Gasteiger partial charge in [0.05, 0.1) is 22.4 Å². The number of aromatic nitrogens is 2. The van der Waals surface area contributed by atoms with Gasteiger partial charge in [0, 0.05) is 11.4 Å². The van der Waals surface area contributed by atoms with Gasteiger partial charge in [-0.2, -0.15) is 5.10 Å². The van der Waals surface area contributed by atoms with Crippen LogP contribution in [0.4, 0.5) is 11.4 Å². The molecule has 26 heavy (non-hydrogen) atoms. The summed E-state index contributed by atoms with van der Waals surface area (Å²) in [6.45, 7) is 6.84. The van der Waals surface area contributed by atoms with E-state index in [0.29, 0.717) is 11.7 Å². The second kappa shape index (κ2) is 8.01. The van der Waals surface area contributed by atoms with Crippen molar-refractivity contribution in [3.05, 3.63) is 75.5 Å². The molecule has 2 N–H and O–H groups in total. The van der Waals surface area contributed by atoms with Crippen molar-refractivity contribution in [2.75, 3.05) is 10.6 Å². The molecule has 0 saturated heterocycles. The average molecular weight is 429 g/mol. The zero-order chi connectivity index (χ0) is 18.7. The van der Waals surface area contributed by atoms with Gasteiger partial charge in [-0.3, -0.25) is 4.68 Å². The minimum absolute atomic E-state index is 0.571. The fourth-order valence-corrected chi connectivity index (χ4v) is 3.29. The molecule has 0 bridgehead atoms. The Morgan fingerprint density at radius 1 is 1.04 bits per heavy atom. The Hall–Kier alpha value is -2.18. The molecule has 0 saturated carbocycles. The van der Waals surface area contributed by atoms with E-state index in [1.807, 2.05) is 35.9 Å². The van der Waals surface area contributed by atoms with E-state index in [9.17, 15) is 0 Å². The first-order chi connectivity index (χ1) is 12.4. The van der Waals surface area contributed by atoms with E-state index in [-0.39, 0.29) is 0 Å². The van der Waals surface area contributed by atoms with Gasteiger partial charge in [0.1, 0.15) is 0 Å². The van der Waals surface area contributed by atoms with Crippen molar-refractivity contribution < 1.29 is 0 Å². The lowest BCUT2D eigenvalue weighted by atomic mass is 10.2. The van der Waals surface area contributed by atoms with Crippen LogP contribution in [0.15, 0.2) is 53.0 Å². The Bertz CT molecular complexity index is 949. The molecule has 6 heteroatoms. The summed E-state index contributed by atoms with van der Waals surface area (Å²) in [5.74, 6) is 0. The van der Waals surface area contributed by atoms with Crippen molar-refractivity contribution in [3.63, 3.8) is 0 Å². The molecule has 0 fully saturated rings. The van der Waals surface area contributed by atoms with E-state index in [1.165, 1.54) is 5.56 Å². The number of nitrogens with zero attached hydrogens (tertiary/aromatic N) is 2. The monoisotopic (exact) mass is 428 g/mol. The lowest BCUT2D eigenvalue weighted by Crippen LogP contribution is -2.19. The molecule has 1 aromatic heterocycles. The molecule has 3 aromatic rings. The van der Waals surface area contributed by atoms with E-state index < -0.39 is 0 Å². The predicted octanol–water partition coefficient (Wildman–Crippen LogP) is 5.43. The van der Waals surface area contributed by atoms with Crippen molar-refractivity contribution in [1.29, 1.82) is 0 Å². The summed E-state index contributed by atoms with van der Waals surface area (Å²) in [6, 6.07) is 16.3. The predicted molar refractivity (Wildman–Crippen MR) is 116 cm³/mol. The highest BCUT2D eigenvalue weighted by Gasteiger charge is 2.09. The van der Waals surface area contributed by atoms with Gasteiger partial charge < -0.3 is 10.6 Å². The molecule has 0 unspecified atom stereocenters. The SMILES string of the molecule is Cc1cccc(NC(=S)Nc2cccc(Cn3nc(C)c(Br)c3C)c2)c1. The Morgan fingerprint density at radius 3 is 2.31 bits per heavy atom.